The first-order valence-electron chi connectivity index (χ1n) is 5.76. The molecule has 0 unspecified atom stereocenters. The maximum absolute atomic E-state index is 11.1. The van der Waals surface area contributed by atoms with E-state index in [4.69, 9.17) is 10.7 Å². The van der Waals surface area contributed by atoms with Crippen molar-refractivity contribution in [3.63, 3.8) is 0 Å². The lowest BCUT2D eigenvalue weighted by molar-refractivity contribution is 0.330. The SMILES string of the molecule is O=S(=O)(Cl)Cc1ccccc1CN1CCCC1. The van der Waals surface area contributed by atoms with Gasteiger partial charge in [-0.2, -0.15) is 0 Å². The fraction of sp³-hybridized carbons (Fsp3) is 0.500. The molecule has 1 fully saturated rings. The number of likely N-dealkylation sites (tertiary alicyclic amines) is 1. The summed E-state index contributed by atoms with van der Waals surface area (Å²) in [6, 6.07) is 7.61. The second-order valence-corrected chi connectivity index (χ2v) is 7.21. The quantitative estimate of drug-likeness (QED) is 0.791. The topological polar surface area (TPSA) is 37.4 Å². The highest BCUT2D eigenvalue weighted by atomic mass is 35.7. The van der Waals surface area contributed by atoms with Gasteiger partial charge in [-0.15, -0.1) is 0 Å². The third-order valence-electron chi connectivity index (χ3n) is 3.04. The van der Waals surface area contributed by atoms with Gasteiger partial charge in [0.15, 0.2) is 0 Å². The number of hydrogen-bond acceptors (Lipinski definition) is 3. The Morgan fingerprint density at radius 3 is 2.29 bits per heavy atom. The van der Waals surface area contributed by atoms with Crippen molar-refractivity contribution in [3.8, 4) is 0 Å². The standard InChI is InChI=1S/C12H16ClNO2S/c13-17(15,16)10-12-6-2-1-5-11(12)9-14-7-3-4-8-14/h1-2,5-6H,3-4,7-10H2. The molecule has 0 radical (unpaired) electrons. The van der Waals surface area contributed by atoms with Crippen LogP contribution in [0.1, 0.15) is 24.0 Å². The molecule has 0 N–H and O–H groups in total. The first kappa shape index (κ1) is 12.9. The van der Waals surface area contributed by atoms with Crippen LogP contribution >= 0.6 is 10.7 Å². The molecule has 0 spiro atoms. The van der Waals surface area contributed by atoms with Crippen LogP contribution in [0.15, 0.2) is 24.3 Å². The average Bonchev–Trinajstić information content (AvgIpc) is 2.71. The Bertz CT molecular complexity index is 481. The molecule has 5 heteroatoms. The van der Waals surface area contributed by atoms with Crippen LogP contribution in [0.3, 0.4) is 0 Å². The Hall–Kier alpha value is -0.580. The number of hydrogen-bond donors (Lipinski definition) is 0. The Morgan fingerprint density at radius 1 is 1.12 bits per heavy atom. The van der Waals surface area contributed by atoms with E-state index in [2.05, 4.69) is 4.90 Å². The molecule has 0 amide bonds. The predicted molar refractivity (Wildman–Crippen MR) is 69.4 cm³/mol. The molecule has 1 aliphatic heterocycles. The van der Waals surface area contributed by atoms with Crippen LogP contribution < -0.4 is 0 Å². The fourth-order valence-electron chi connectivity index (χ4n) is 2.22. The van der Waals surface area contributed by atoms with E-state index in [1.807, 2.05) is 24.3 Å². The van der Waals surface area contributed by atoms with E-state index < -0.39 is 9.05 Å². The molecule has 0 aliphatic carbocycles. The minimum absolute atomic E-state index is 0.0848. The summed E-state index contributed by atoms with van der Waals surface area (Å²) < 4.78 is 22.3. The normalized spacial score (nSPS) is 17.5. The van der Waals surface area contributed by atoms with E-state index >= 15 is 0 Å². The molecule has 1 heterocycles. The van der Waals surface area contributed by atoms with Gasteiger partial charge in [-0.05, 0) is 37.1 Å². The van der Waals surface area contributed by atoms with Gasteiger partial charge in [-0.1, -0.05) is 24.3 Å². The molecule has 1 aliphatic rings. The maximum atomic E-state index is 11.1. The fourth-order valence-corrected chi connectivity index (χ4v) is 3.23. The molecular formula is C12H16ClNO2S. The average molecular weight is 274 g/mol. The molecule has 0 atom stereocenters. The second kappa shape index (κ2) is 5.38. The molecule has 94 valence electrons. The summed E-state index contributed by atoms with van der Waals surface area (Å²) >= 11 is 0. The highest BCUT2D eigenvalue weighted by Gasteiger charge is 2.15. The van der Waals surface area contributed by atoms with Crippen molar-refractivity contribution in [2.45, 2.75) is 25.1 Å². The van der Waals surface area contributed by atoms with Crippen LogP contribution in [0.2, 0.25) is 0 Å². The molecule has 3 nitrogen and oxygen atoms in total. The van der Waals surface area contributed by atoms with Gasteiger partial charge in [0.05, 0.1) is 5.75 Å². The summed E-state index contributed by atoms with van der Waals surface area (Å²) in [6.07, 6.45) is 2.46. The summed E-state index contributed by atoms with van der Waals surface area (Å²) in [5, 5.41) is 0. The van der Waals surface area contributed by atoms with Gasteiger partial charge in [-0.3, -0.25) is 4.90 Å². The monoisotopic (exact) mass is 273 g/mol. The number of rotatable bonds is 4. The lowest BCUT2D eigenvalue weighted by Gasteiger charge is -2.16. The summed E-state index contributed by atoms with van der Waals surface area (Å²) in [5.41, 5.74) is 1.88. The van der Waals surface area contributed by atoms with Crippen molar-refractivity contribution in [2.75, 3.05) is 13.1 Å². The zero-order chi connectivity index (χ0) is 12.3. The molecule has 2 rings (SSSR count). The van der Waals surface area contributed by atoms with Gasteiger partial charge in [0.25, 0.3) is 0 Å². The van der Waals surface area contributed by atoms with Crippen LogP contribution in [0.25, 0.3) is 0 Å². The van der Waals surface area contributed by atoms with Crippen molar-refractivity contribution in [3.05, 3.63) is 35.4 Å². The summed E-state index contributed by atoms with van der Waals surface area (Å²) in [5.74, 6) is -0.0848. The van der Waals surface area contributed by atoms with Crippen LogP contribution in [0.5, 0.6) is 0 Å². The summed E-state index contributed by atoms with van der Waals surface area (Å²) in [4.78, 5) is 2.35. The van der Waals surface area contributed by atoms with Gasteiger partial charge < -0.3 is 0 Å². The summed E-state index contributed by atoms with van der Waals surface area (Å²) in [7, 11) is 1.84. The van der Waals surface area contributed by atoms with Crippen LogP contribution in [-0.2, 0) is 21.3 Å². The Morgan fingerprint density at radius 2 is 1.71 bits per heavy atom. The van der Waals surface area contributed by atoms with E-state index in [0.29, 0.717) is 0 Å². The van der Waals surface area contributed by atoms with Crippen LogP contribution in [0.4, 0.5) is 0 Å². The van der Waals surface area contributed by atoms with Crippen molar-refractivity contribution in [2.24, 2.45) is 0 Å². The van der Waals surface area contributed by atoms with Gasteiger partial charge in [-0.25, -0.2) is 8.42 Å². The van der Waals surface area contributed by atoms with Crippen molar-refractivity contribution >= 4 is 19.7 Å². The van der Waals surface area contributed by atoms with E-state index in [9.17, 15) is 8.42 Å². The zero-order valence-electron chi connectivity index (χ0n) is 9.60. The number of benzene rings is 1. The van der Waals surface area contributed by atoms with Crippen molar-refractivity contribution in [1.82, 2.24) is 4.90 Å². The molecule has 1 aromatic carbocycles. The van der Waals surface area contributed by atoms with Gasteiger partial charge in [0.1, 0.15) is 0 Å². The molecule has 0 aromatic heterocycles. The minimum atomic E-state index is -3.48. The van der Waals surface area contributed by atoms with Crippen LogP contribution in [0, 0.1) is 0 Å². The lowest BCUT2D eigenvalue weighted by Crippen LogP contribution is -2.19. The predicted octanol–water partition coefficient (Wildman–Crippen LogP) is 2.35. The third kappa shape index (κ3) is 3.98. The van der Waals surface area contributed by atoms with E-state index in [1.54, 1.807) is 0 Å². The second-order valence-electron chi connectivity index (χ2n) is 4.44. The number of halogens is 1. The van der Waals surface area contributed by atoms with E-state index in [1.165, 1.54) is 12.8 Å². The van der Waals surface area contributed by atoms with Gasteiger partial charge in [0.2, 0.25) is 9.05 Å². The molecule has 1 saturated heterocycles. The third-order valence-corrected chi connectivity index (χ3v) is 4.02. The maximum Gasteiger partial charge on any atom is 0.236 e. The van der Waals surface area contributed by atoms with E-state index in [0.717, 1.165) is 30.8 Å². The molecule has 0 saturated carbocycles. The molecular weight excluding hydrogens is 258 g/mol. The molecule has 0 bridgehead atoms. The highest BCUT2D eigenvalue weighted by molar-refractivity contribution is 8.13. The lowest BCUT2D eigenvalue weighted by atomic mass is 10.1. The van der Waals surface area contributed by atoms with Crippen molar-refractivity contribution < 1.29 is 8.42 Å². The van der Waals surface area contributed by atoms with E-state index in [-0.39, 0.29) is 5.75 Å². The molecule has 17 heavy (non-hydrogen) atoms. The zero-order valence-corrected chi connectivity index (χ0v) is 11.2. The van der Waals surface area contributed by atoms with Crippen LogP contribution in [-0.4, -0.2) is 26.4 Å². The van der Waals surface area contributed by atoms with Crippen molar-refractivity contribution in [1.29, 1.82) is 0 Å². The Balaban J connectivity index is 2.15. The summed E-state index contributed by atoms with van der Waals surface area (Å²) in [6.45, 7) is 3.02. The minimum Gasteiger partial charge on any atom is -0.299 e. The smallest absolute Gasteiger partial charge is 0.236 e. The number of nitrogens with zero attached hydrogens (tertiary/aromatic N) is 1. The highest BCUT2D eigenvalue weighted by Crippen LogP contribution is 2.19. The van der Waals surface area contributed by atoms with Gasteiger partial charge in [0, 0.05) is 17.2 Å². The first-order valence-corrected chi connectivity index (χ1v) is 8.24. The Kier molecular flexibility index (Phi) is 4.07. The molecule has 1 aromatic rings. The van der Waals surface area contributed by atoms with Gasteiger partial charge >= 0.3 is 0 Å². The largest absolute Gasteiger partial charge is 0.299 e. The Labute approximate surface area is 107 Å². The first-order chi connectivity index (χ1) is 8.04.